The average Bonchev–Trinajstić information content (AvgIpc) is 3.37. The molecular formula is C39H49N3O5. The molecule has 9 atom stereocenters. The predicted molar refractivity (Wildman–Crippen MR) is 181 cm³/mol. The van der Waals surface area contributed by atoms with Gasteiger partial charge >= 0.3 is 5.97 Å². The molecule has 1 N–H and O–H groups in total. The monoisotopic (exact) mass is 639 g/mol. The Labute approximate surface area is 278 Å². The molecule has 0 spiro atoms. The highest BCUT2D eigenvalue weighted by Gasteiger charge is 2.62. The zero-order valence-corrected chi connectivity index (χ0v) is 28.7. The van der Waals surface area contributed by atoms with E-state index in [0.29, 0.717) is 43.9 Å². The summed E-state index contributed by atoms with van der Waals surface area (Å²) < 4.78 is 6.01. The fraction of sp³-hybridized carbons (Fsp3) is 0.590. The summed E-state index contributed by atoms with van der Waals surface area (Å²) in [4.78, 5) is 61.4. The molecule has 4 aliphatic carbocycles. The molecule has 2 fully saturated rings. The van der Waals surface area contributed by atoms with Crippen LogP contribution in [0.2, 0.25) is 0 Å². The number of fused-ring (bicyclic) bond motifs is 5. The zero-order chi connectivity index (χ0) is 33.8. The number of allylic oxidation sites excluding steroid dienone is 1. The topological polar surface area (TPSA) is 115 Å². The van der Waals surface area contributed by atoms with Gasteiger partial charge in [0.1, 0.15) is 11.9 Å². The lowest BCUT2D eigenvalue weighted by Gasteiger charge is -2.56. The molecular weight excluding hydrogens is 590 g/mol. The average molecular weight is 640 g/mol. The number of hydrogen-bond acceptors (Lipinski definition) is 7. The number of esters is 1. The third-order valence-corrected chi connectivity index (χ3v) is 12.7. The van der Waals surface area contributed by atoms with Crippen LogP contribution in [0.25, 0.3) is 10.9 Å². The highest BCUT2D eigenvalue weighted by atomic mass is 16.5. The summed E-state index contributed by atoms with van der Waals surface area (Å²) in [5, 5.41) is 3.77. The number of ketones is 2. The largest absolute Gasteiger partial charge is 0.458 e. The first-order valence-corrected chi connectivity index (χ1v) is 17.4. The minimum absolute atomic E-state index is 0.00530. The number of anilines is 1. The highest BCUT2D eigenvalue weighted by Crippen LogP contribution is 2.65. The van der Waals surface area contributed by atoms with Gasteiger partial charge < -0.3 is 4.74 Å². The zero-order valence-electron chi connectivity index (χ0n) is 28.7. The Hall–Kier alpha value is -3.68. The van der Waals surface area contributed by atoms with Gasteiger partial charge in [0.2, 0.25) is 11.9 Å². The Morgan fingerprint density at radius 1 is 1.15 bits per heavy atom. The summed E-state index contributed by atoms with van der Waals surface area (Å²) in [7, 11) is 0. The van der Waals surface area contributed by atoms with Gasteiger partial charge in [-0.3, -0.25) is 24.5 Å². The van der Waals surface area contributed by atoms with E-state index in [1.54, 1.807) is 6.20 Å². The van der Waals surface area contributed by atoms with Crippen LogP contribution >= 0.6 is 0 Å². The van der Waals surface area contributed by atoms with E-state index < -0.39 is 12.0 Å². The number of para-hydroxylation sites is 1. The first-order valence-electron chi connectivity index (χ1n) is 17.4. The van der Waals surface area contributed by atoms with Gasteiger partial charge in [0.05, 0.1) is 11.4 Å². The SMILES string of the molecule is C=C(CC[C@@H](C)[C@H]1CC[C@H]2C3=C(C(=O)C[C@]12C)[C@@]1(C)CCC(=O)[C@@H](C)[C@@H]1C[C@H]3OC(C)=O)[C@H](C)C(=O)Nc1ncc2ccccc2n1. The Morgan fingerprint density at radius 2 is 1.89 bits per heavy atom. The molecule has 0 aliphatic heterocycles. The molecule has 0 radical (unpaired) electrons. The van der Waals surface area contributed by atoms with Crippen LogP contribution in [0.5, 0.6) is 0 Å². The molecule has 0 unspecified atom stereocenters. The highest BCUT2D eigenvalue weighted by molar-refractivity contribution is 6.00. The summed E-state index contributed by atoms with van der Waals surface area (Å²) in [5.41, 5.74) is 2.95. The molecule has 2 saturated carbocycles. The van der Waals surface area contributed by atoms with Crippen molar-refractivity contribution in [1.29, 1.82) is 0 Å². The normalized spacial score (nSPS) is 33.0. The van der Waals surface area contributed by atoms with Gasteiger partial charge in [-0.2, -0.15) is 0 Å². The maximum absolute atomic E-state index is 14.3. The van der Waals surface area contributed by atoms with Gasteiger partial charge in [-0.1, -0.05) is 58.0 Å². The van der Waals surface area contributed by atoms with E-state index in [4.69, 9.17) is 4.74 Å². The smallest absolute Gasteiger partial charge is 0.303 e. The third kappa shape index (κ3) is 5.76. The first-order chi connectivity index (χ1) is 22.2. The lowest BCUT2D eigenvalue weighted by molar-refractivity contribution is -0.150. The molecule has 8 heteroatoms. The molecule has 6 rings (SSSR count). The molecule has 0 bridgehead atoms. The number of nitrogens with zero attached hydrogens (tertiary/aromatic N) is 2. The third-order valence-electron chi connectivity index (χ3n) is 12.7. The molecule has 8 nitrogen and oxygen atoms in total. The van der Waals surface area contributed by atoms with E-state index in [1.807, 2.05) is 38.1 Å². The van der Waals surface area contributed by atoms with Gasteiger partial charge in [-0.25, -0.2) is 9.97 Å². The molecule has 0 saturated heterocycles. The summed E-state index contributed by atoms with van der Waals surface area (Å²) >= 11 is 0. The minimum atomic E-state index is -0.456. The van der Waals surface area contributed by atoms with Crippen molar-refractivity contribution in [2.45, 2.75) is 99.0 Å². The number of benzene rings is 1. The number of carbonyl (C=O) groups is 4. The second kappa shape index (κ2) is 12.4. The molecule has 1 heterocycles. The maximum atomic E-state index is 14.3. The maximum Gasteiger partial charge on any atom is 0.303 e. The van der Waals surface area contributed by atoms with Gasteiger partial charge in [-0.15, -0.1) is 0 Å². The van der Waals surface area contributed by atoms with E-state index in [0.717, 1.165) is 46.9 Å². The van der Waals surface area contributed by atoms with Crippen molar-refractivity contribution in [2.24, 2.45) is 46.3 Å². The summed E-state index contributed by atoms with van der Waals surface area (Å²) in [6, 6.07) is 7.65. The molecule has 2 aromatic rings. The van der Waals surface area contributed by atoms with E-state index in [-0.39, 0.29) is 58.0 Å². The number of rotatable bonds is 8. The van der Waals surface area contributed by atoms with Gasteiger partial charge in [0.15, 0.2) is 5.78 Å². The molecule has 4 aliphatic rings. The summed E-state index contributed by atoms with van der Waals surface area (Å²) in [6.45, 7) is 16.3. The first kappa shape index (κ1) is 33.2. The number of Topliss-reactive ketones (excluding diaryl/α,β-unsaturated/α-hetero) is 2. The minimum Gasteiger partial charge on any atom is -0.458 e. The van der Waals surface area contributed by atoms with Gasteiger partial charge in [0, 0.05) is 48.3 Å². The quantitative estimate of drug-likeness (QED) is 0.236. The Kier molecular flexibility index (Phi) is 8.77. The second-order valence-electron chi connectivity index (χ2n) is 15.4. The predicted octanol–water partition coefficient (Wildman–Crippen LogP) is 7.44. The van der Waals surface area contributed by atoms with E-state index in [2.05, 4.69) is 42.6 Å². The van der Waals surface area contributed by atoms with Gasteiger partial charge in [0.25, 0.3) is 0 Å². The van der Waals surface area contributed by atoms with Crippen LogP contribution in [0.3, 0.4) is 0 Å². The molecule has 47 heavy (non-hydrogen) atoms. The Balaban J connectivity index is 1.16. The van der Waals surface area contributed by atoms with Crippen LogP contribution < -0.4 is 5.32 Å². The number of carbonyl (C=O) groups excluding carboxylic acids is 4. The lowest BCUT2D eigenvalue weighted by atomic mass is 9.48. The van der Waals surface area contributed by atoms with Crippen LogP contribution in [0.15, 0.2) is 53.8 Å². The standard InChI is InChI=1S/C39H49N3O5/c1-21(23(3)36(46)42-37-40-20-26-10-8-9-11-30(26)41-37)12-13-22(2)27-14-15-28-34-33(47-25(5)43)18-29-24(4)31(44)16-17-38(29,6)35(34)32(45)19-39(27,28)7/h8-11,20,22-24,27-29,33H,1,12-19H2,2-7H3,(H,40,41,42,46)/t22-,23+,24+,27-,28+,29+,33-,38+,39-/m1/s1. The fourth-order valence-electron chi connectivity index (χ4n) is 10.1. The molecule has 1 aromatic carbocycles. The van der Waals surface area contributed by atoms with Crippen LogP contribution in [0, 0.1) is 46.3 Å². The van der Waals surface area contributed by atoms with E-state index in [9.17, 15) is 19.2 Å². The van der Waals surface area contributed by atoms with Crippen molar-refractivity contribution in [3.05, 3.63) is 53.8 Å². The summed E-state index contributed by atoms with van der Waals surface area (Å²) in [6.07, 6.45) is 7.03. The van der Waals surface area contributed by atoms with Crippen molar-refractivity contribution in [1.82, 2.24) is 9.97 Å². The van der Waals surface area contributed by atoms with Crippen LogP contribution in [-0.4, -0.2) is 39.5 Å². The number of nitrogens with one attached hydrogen (secondary N) is 1. The Morgan fingerprint density at radius 3 is 2.64 bits per heavy atom. The van der Waals surface area contributed by atoms with Gasteiger partial charge in [-0.05, 0) is 86.2 Å². The fourth-order valence-corrected chi connectivity index (χ4v) is 10.1. The van der Waals surface area contributed by atoms with Crippen molar-refractivity contribution in [2.75, 3.05) is 5.32 Å². The Bertz CT molecular complexity index is 1680. The molecule has 1 aromatic heterocycles. The van der Waals surface area contributed by atoms with Crippen molar-refractivity contribution in [3.8, 4) is 0 Å². The number of aromatic nitrogens is 2. The van der Waals surface area contributed by atoms with Crippen molar-refractivity contribution < 1.29 is 23.9 Å². The summed E-state index contributed by atoms with van der Waals surface area (Å²) in [5.74, 6) is 0.397. The molecule has 250 valence electrons. The van der Waals surface area contributed by atoms with Crippen molar-refractivity contribution in [3.63, 3.8) is 0 Å². The second-order valence-corrected chi connectivity index (χ2v) is 15.4. The lowest BCUT2D eigenvalue weighted by Crippen LogP contribution is -2.54. The molecule has 1 amide bonds. The van der Waals surface area contributed by atoms with Crippen LogP contribution in [-0.2, 0) is 23.9 Å². The number of ether oxygens (including phenoxy) is 1. The van der Waals surface area contributed by atoms with E-state index in [1.165, 1.54) is 6.92 Å². The van der Waals surface area contributed by atoms with E-state index >= 15 is 0 Å². The number of amides is 1. The van der Waals surface area contributed by atoms with Crippen LogP contribution in [0.4, 0.5) is 5.95 Å². The number of hydrogen-bond donors (Lipinski definition) is 1. The van der Waals surface area contributed by atoms with Crippen LogP contribution in [0.1, 0.15) is 92.9 Å². The van der Waals surface area contributed by atoms with Crippen molar-refractivity contribution >= 4 is 40.3 Å².